The molecule has 20 rings (SSSR count). The number of hydrazone groups is 5. The second-order valence-corrected chi connectivity index (χ2v) is 37.9. The molecule has 0 saturated carbocycles. The molecule has 137 heavy (non-hydrogen) atoms. The number of thiophene rings is 5. The molecule has 15 aromatic rings. The molecular weight excluding hydrogens is 1900 g/mol. The molecule has 10 heterocycles. The van der Waals surface area contributed by atoms with E-state index in [0.29, 0.717) is 70.8 Å². The second-order valence-electron chi connectivity index (χ2n) is 31.7. The van der Waals surface area contributed by atoms with Crippen LogP contribution in [0.2, 0.25) is 0 Å². The maximum Gasteiger partial charge on any atom is 0.203 e. The Bertz CT molecular complexity index is 6930. The van der Waals surface area contributed by atoms with Gasteiger partial charge >= 0.3 is 0 Å². The van der Waals surface area contributed by atoms with E-state index >= 15 is 0 Å². The Kier molecular flexibility index (Phi) is 32.8. The van der Waals surface area contributed by atoms with Crippen LogP contribution >= 0.6 is 72.6 Å². The smallest absolute Gasteiger partial charge is 0.203 e. The largest absolute Gasteiger partial charge is 0.504 e. The van der Waals surface area contributed by atoms with Crippen molar-refractivity contribution >= 4 is 184 Å². The standard InChI is InChI=1S/C23H23BrN4O2S.C20H22N4O3S.C19H20N4O3S.C19H20N4O2S.C18H18N4O2S/c1-3-9-29-17-11-15(12-18(21(17)24)30-10-4-2)13-27-28-22-20-16-7-5-6-8-19(16)31-23(20)26-14-25-22;1-25-14-8-12(9-15(26-2)18(14)27-3)10-23-24-19-17-13-6-4-5-7-16(13)28-20(17)22-11-21-19;1-25-13-7-11(8-14(26-2)17(13)24)9-22-23-18-16-12-5-3-4-6-15(12)27-19(16)21-10-20-18;1-24-13-8-7-12(15(9-13)25-2)10-22-23-18-17-14-5-3-4-6-16(14)26-19(17)21-11-20-18;1-24-14-8-11(6-7-13(14)23)9-21-22-17-16-12-4-2-3-5-15(12)25-18(16)20-10-19-17/h3-4,11-14H,1-2,5-10H2,(H,25,26,28);8-11H,4-7H2,1-3H3,(H,21,22,24);7-10,24H,3-6H2,1-2H3,(H,20,21,23);7-11H,3-6H2,1-2H3,(H,20,21,23);6-10,23H,2-5H2,1H3,(H,19,20,22)/b27-13-;23-10-;22-9-;22-10-;21-9-. The number of aromatic nitrogens is 10. The number of hydrogen-bond donors (Lipinski definition) is 7. The Morgan fingerprint density at radius 1 is 0.328 bits per heavy atom. The highest BCUT2D eigenvalue weighted by Crippen LogP contribution is 2.46. The predicted octanol–water partition coefficient (Wildman–Crippen LogP) is 21.5. The van der Waals surface area contributed by atoms with E-state index in [9.17, 15) is 10.2 Å². The van der Waals surface area contributed by atoms with Crippen molar-refractivity contribution in [3.05, 3.63) is 214 Å². The number of fused-ring (bicyclic) bond motifs is 15. The molecule has 5 aliphatic carbocycles. The number of aryl methyl sites for hydroxylation is 10. The van der Waals surface area contributed by atoms with Gasteiger partial charge in [0.1, 0.15) is 96.5 Å². The average Bonchev–Trinajstić information content (AvgIpc) is 1.65. The zero-order valence-corrected chi connectivity index (χ0v) is 82.6. The Morgan fingerprint density at radius 2 is 0.628 bits per heavy atom. The molecule has 0 amide bonds. The summed E-state index contributed by atoms with van der Waals surface area (Å²) in [4.78, 5) is 56.4. The van der Waals surface area contributed by atoms with Gasteiger partial charge in [0.2, 0.25) is 11.5 Å². The Labute approximate surface area is 819 Å². The normalized spacial score (nSPS) is 13.6. The molecule has 0 aliphatic heterocycles. The number of anilines is 5. The molecular formula is C99H103BrN20O12S5. The molecule has 0 unspecified atom stereocenters. The monoisotopic (exact) mass is 2000 g/mol. The SMILES string of the molecule is C=CCOc1cc(/C=N\Nc2ncnc3sc4c(c23)CCCC4)cc(OCC=C)c1Br.COc1cc(/C=N\Nc2ncnc3sc4c(c23)CCCC4)cc(OC)c1O.COc1cc(/C=N\Nc2ncnc3sc4c(c23)CCCC4)cc(OC)c1OC.COc1cc(/C=N\Nc2ncnc3sc4c(c23)CCCC4)ccc1O.COc1ccc(/C=N\Nc2ncnc3sc4c(c23)CCCC4)c(OC)c1. The minimum absolute atomic E-state index is 0.0347. The molecule has 0 radical (unpaired) electrons. The number of hydrogen-bond acceptors (Lipinski definition) is 37. The van der Waals surface area contributed by atoms with Crippen LogP contribution < -0.4 is 74.5 Å². The Hall–Kier alpha value is -13.8. The van der Waals surface area contributed by atoms with Crippen LogP contribution in [0.1, 0.15) is 144 Å². The molecule has 0 spiro atoms. The van der Waals surface area contributed by atoms with Crippen molar-refractivity contribution in [3.63, 3.8) is 0 Å². The third-order valence-electron chi connectivity index (χ3n) is 23.2. The van der Waals surface area contributed by atoms with Gasteiger partial charge in [0.15, 0.2) is 63.6 Å². The van der Waals surface area contributed by atoms with E-state index in [0.717, 1.165) is 177 Å². The summed E-state index contributed by atoms with van der Waals surface area (Å²) < 4.78 is 54.4. The first-order valence-corrected chi connectivity index (χ1v) is 49.5. The first-order valence-electron chi connectivity index (χ1n) is 44.6. The number of nitrogens with zero attached hydrogens (tertiary/aromatic N) is 15. The number of ether oxygens (including phenoxy) is 10. The van der Waals surface area contributed by atoms with Crippen LogP contribution in [0, 0.1) is 0 Å². The molecule has 0 saturated heterocycles. The van der Waals surface area contributed by atoms with Gasteiger partial charge in [0.25, 0.3) is 0 Å². The summed E-state index contributed by atoms with van der Waals surface area (Å²) in [6, 6.07) is 21.5. The highest BCUT2D eigenvalue weighted by molar-refractivity contribution is 9.10. The van der Waals surface area contributed by atoms with E-state index in [1.807, 2.05) is 42.5 Å². The molecule has 0 fully saturated rings. The van der Waals surface area contributed by atoms with Crippen LogP contribution in [-0.2, 0) is 64.2 Å². The second kappa shape index (κ2) is 46.6. The summed E-state index contributed by atoms with van der Waals surface area (Å²) in [7, 11) is 12.5. The van der Waals surface area contributed by atoms with Crippen molar-refractivity contribution in [3.8, 4) is 69.0 Å². The lowest BCUT2D eigenvalue weighted by molar-refractivity contribution is 0.324. The number of aromatic hydroxyl groups is 2. The van der Waals surface area contributed by atoms with E-state index in [2.05, 4.69) is 132 Å². The van der Waals surface area contributed by atoms with Gasteiger partial charge in [0, 0.05) is 52.7 Å². The number of benzene rings is 5. The highest BCUT2D eigenvalue weighted by atomic mass is 79.9. The van der Waals surface area contributed by atoms with Crippen molar-refractivity contribution in [2.45, 2.75) is 128 Å². The van der Waals surface area contributed by atoms with Crippen LogP contribution in [-0.4, -0.2) is 161 Å². The number of methoxy groups -OCH3 is 8. The van der Waals surface area contributed by atoms with Gasteiger partial charge in [-0.15, -0.1) is 56.7 Å². The minimum Gasteiger partial charge on any atom is -0.504 e. The van der Waals surface area contributed by atoms with Gasteiger partial charge in [-0.05, 0) is 244 Å². The lowest BCUT2D eigenvalue weighted by Crippen LogP contribution is -2.02. The van der Waals surface area contributed by atoms with E-state index in [-0.39, 0.29) is 11.5 Å². The summed E-state index contributed by atoms with van der Waals surface area (Å²) in [6.45, 7) is 8.18. The van der Waals surface area contributed by atoms with Crippen molar-refractivity contribution in [1.82, 2.24) is 49.8 Å². The molecule has 32 nitrogen and oxygen atoms in total. The van der Waals surface area contributed by atoms with Crippen LogP contribution in [0.15, 0.2) is 160 Å². The van der Waals surface area contributed by atoms with Crippen LogP contribution in [0.5, 0.6) is 69.0 Å². The van der Waals surface area contributed by atoms with Crippen molar-refractivity contribution in [2.75, 3.05) is 97.2 Å². The van der Waals surface area contributed by atoms with Crippen LogP contribution in [0.3, 0.4) is 0 Å². The quantitative estimate of drug-likeness (QED) is 0.0130. The van der Waals surface area contributed by atoms with E-state index in [1.54, 1.807) is 197 Å². The van der Waals surface area contributed by atoms with Gasteiger partial charge in [-0.2, -0.15) is 25.5 Å². The summed E-state index contributed by atoms with van der Waals surface area (Å²) in [5, 5.41) is 46.9. The minimum atomic E-state index is -0.0347. The molecule has 5 aliphatic rings. The molecule has 7 N–H and O–H groups in total. The first-order chi connectivity index (χ1) is 67.2. The van der Waals surface area contributed by atoms with E-state index in [4.69, 9.17) is 47.4 Å². The summed E-state index contributed by atoms with van der Waals surface area (Å²) in [6.07, 6.45) is 43.1. The molecule has 0 bridgehead atoms. The number of nitrogens with one attached hydrogen (secondary N) is 5. The van der Waals surface area contributed by atoms with Gasteiger partial charge in [-0.25, -0.2) is 49.8 Å². The number of phenols is 2. The summed E-state index contributed by atoms with van der Waals surface area (Å²) in [5.41, 5.74) is 26.3. The highest BCUT2D eigenvalue weighted by Gasteiger charge is 2.27. The fourth-order valence-corrected chi connectivity index (χ4v) is 23.4. The number of phenolic OH excluding ortho intramolecular Hbond substituents is 2. The fraction of sp³-hybridized carbons (Fsp3) is 0.303. The fourth-order valence-electron chi connectivity index (χ4n) is 16.7. The van der Waals surface area contributed by atoms with Crippen molar-refractivity contribution in [2.24, 2.45) is 25.5 Å². The summed E-state index contributed by atoms with van der Waals surface area (Å²) >= 11 is 12.4. The lowest BCUT2D eigenvalue weighted by atomic mass is 9.97. The number of halogens is 1. The molecule has 10 aromatic heterocycles. The Balaban J connectivity index is 0.000000124. The average molecular weight is 2010 g/mol. The molecule has 0 atom stereocenters. The predicted molar refractivity (Wildman–Crippen MR) is 553 cm³/mol. The van der Waals surface area contributed by atoms with E-state index < -0.39 is 0 Å². The lowest BCUT2D eigenvalue weighted by Gasteiger charge is -2.12. The molecule has 38 heteroatoms. The zero-order valence-electron chi connectivity index (χ0n) is 76.9. The van der Waals surface area contributed by atoms with Crippen LogP contribution in [0.4, 0.5) is 29.1 Å². The topological polar surface area (TPSA) is 384 Å². The third-order valence-corrected chi connectivity index (χ3v) is 30.0. The molecule has 5 aromatic carbocycles. The van der Waals surface area contributed by atoms with Crippen LogP contribution in [0.25, 0.3) is 51.1 Å². The third kappa shape index (κ3) is 22.7. The zero-order chi connectivity index (χ0) is 95.1. The van der Waals surface area contributed by atoms with Gasteiger partial charge in [-0.1, -0.05) is 25.3 Å². The van der Waals surface area contributed by atoms with Crippen molar-refractivity contribution < 1.29 is 57.6 Å². The molecule has 708 valence electrons. The van der Waals surface area contributed by atoms with E-state index in [1.165, 1.54) is 138 Å². The number of rotatable bonds is 29. The van der Waals surface area contributed by atoms with Gasteiger partial charge in [-0.3, -0.25) is 27.1 Å². The Morgan fingerprint density at radius 3 is 0.942 bits per heavy atom. The maximum atomic E-state index is 10.00. The summed E-state index contributed by atoms with van der Waals surface area (Å²) in [5.74, 6) is 9.32. The van der Waals surface area contributed by atoms with Crippen molar-refractivity contribution in [1.29, 1.82) is 0 Å². The van der Waals surface area contributed by atoms with Gasteiger partial charge < -0.3 is 57.6 Å². The van der Waals surface area contributed by atoms with Gasteiger partial charge in [0.05, 0.1) is 115 Å². The first kappa shape index (κ1) is 96.3. The maximum absolute atomic E-state index is 10.00.